The Labute approximate surface area is 124 Å². The second-order valence-corrected chi connectivity index (χ2v) is 4.50. The van der Waals surface area contributed by atoms with Crippen LogP contribution < -0.4 is 11.1 Å². The van der Waals surface area contributed by atoms with Gasteiger partial charge in [-0.25, -0.2) is 0 Å². The Morgan fingerprint density at radius 1 is 1.35 bits per heavy atom. The lowest BCUT2D eigenvalue weighted by Crippen LogP contribution is -2.25. The molecule has 20 heavy (non-hydrogen) atoms. The molecule has 0 radical (unpaired) electrons. The second kappa shape index (κ2) is 7.72. The topological polar surface area (TPSA) is 68.3 Å². The van der Waals surface area contributed by atoms with Gasteiger partial charge in [0, 0.05) is 6.54 Å². The highest BCUT2D eigenvalue weighted by Gasteiger charge is 2.08. The number of nitrogens with two attached hydrogens (primary N) is 1. The van der Waals surface area contributed by atoms with E-state index in [-0.39, 0.29) is 18.3 Å². The molecule has 5 heteroatoms. The Hall–Kier alpha value is -1.78. The van der Waals surface area contributed by atoms with Crippen molar-refractivity contribution in [1.82, 2.24) is 5.32 Å². The molecule has 4 nitrogen and oxygen atoms in total. The van der Waals surface area contributed by atoms with Crippen LogP contribution in [-0.2, 0) is 13.0 Å². The minimum Gasteiger partial charge on any atom is -0.467 e. The van der Waals surface area contributed by atoms with Crippen LogP contribution >= 0.6 is 12.4 Å². The molecule has 0 saturated carbocycles. The summed E-state index contributed by atoms with van der Waals surface area (Å²) in [4.78, 5) is 11.8. The van der Waals surface area contributed by atoms with E-state index in [1.807, 2.05) is 6.07 Å². The number of hydrogen-bond donors (Lipinski definition) is 2. The molecule has 0 aliphatic rings. The third-order valence-electron chi connectivity index (χ3n) is 2.90. The molecule has 1 heterocycles. The van der Waals surface area contributed by atoms with E-state index in [1.165, 1.54) is 17.4 Å². The van der Waals surface area contributed by atoms with E-state index in [9.17, 15) is 4.79 Å². The zero-order chi connectivity index (χ0) is 13.7. The third-order valence-corrected chi connectivity index (χ3v) is 2.90. The van der Waals surface area contributed by atoms with Crippen molar-refractivity contribution in [3.05, 3.63) is 59.0 Å². The normalized spacial score (nSPS) is 9.90. The summed E-state index contributed by atoms with van der Waals surface area (Å²) in [6.07, 6.45) is 2.25. The van der Waals surface area contributed by atoms with Crippen LogP contribution in [0.25, 0.3) is 0 Å². The molecule has 0 spiro atoms. The summed E-state index contributed by atoms with van der Waals surface area (Å²) in [5.41, 5.74) is 8.39. The second-order valence-electron chi connectivity index (χ2n) is 4.50. The first-order chi connectivity index (χ1) is 9.19. The maximum atomic E-state index is 11.8. The van der Waals surface area contributed by atoms with Crippen molar-refractivity contribution in [3.63, 3.8) is 0 Å². The Balaban J connectivity index is 0.00000200. The van der Waals surface area contributed by atoms with Gasteiger partial charge in [-0.2, -0.15) is 0 Å². The standard InChI is InChI=1S/C15H18N2O2.ClH/c1-11-3-2-4-12(7-11)5-6-17-15(18)13-8-14(9-16)19-10-13;/h2-4,7-8,10H,5-6,9,16H2,1H3,(H,17,18);1H. The van der Waals surface area contributed by atoms with Crippen LogP contribution in [-0.4, -0.2) is 12.5 Å². The average molecular weight is 295 g/mol. The highest BCUT2D eigenvalue weighted by atomic mass is 35.5. The van der Waals surface area contributed by atoms with Gasteiger partial charge in [0.15, 0.2) is 0 Å². The quantitative estimate of drug-likeness (QED) is 0.890. The highest BCUT2D eigenvalue weighted by Crippen LogP contribution is 2.07. The van der Waals surface area contributed by atoms with E-state index >= 15 is 0 Å². The highest BCUT2D eigenvalue weighted by molar-refractivity contribution is 5.93. The lowest BCUT2D eigenvalue weighted by atomic mass is 10.1. The summed E-state index contributed by atoms with van der Waals surface area (Å²) in [7, 11) is 0. The van der Waals surface area contributed by atoms with Crippen molar-refractivity contribution >= 4 is 18.3 Å². The number of carbonyl (C=O) groups is 1. The third kappa shape index (κ3) is 4.40. The van der Waals surface area contributed by atoms with Crippen molar-refractivity contribution in [2.45, 2.75) is 19.9 Å². The average Bonchev–Trinajstić information content (AvgIpc) is 2.87. The van der Waals surface area contributed by atoms with Gasteiger partial charge in [0.05, 0.1) is 12.1 Å². The molecule has 1 aromatic carbocycles. The molecule has 0 unspecified atom stereocenters. The van der Waals surface area contributed by atoms with E-state index in [1.54, 1.807) is 6.07 Å². The molecule has 0 fully saturated rings. The minimum atomic E-state index is -0.129. The summed E-state index contributed by atoms with van der Waals surface area (Å²) >= 11 is 0. The van der Waals surface area contributed by atoms with Crippen LogP contribution in [0.4, 0.5) is 0 Å². The first-order valence-corrected chi connectivity index (χ1v) is 6.30. The first-order valence-electron chi connectivity index (χ1n) is 6.30. The lowest BCUT2D eigenvalue weighted by molar-refractivity contribution is 0.0953. The van der Waals surface area contributed by atoms with Gasteiger partial charge in [-0.05, 0) is 25.0 Å². The summed E-state index contributed by atoms with van der Waals surface area (Å²) in [6, 6.07) is 9.93. The number of rotatable bonds is 5. The van der Waals surface area contributed by atoms with E-state index in [4.69, 9.17) is 10.2 Å². The smallest absolute Gasteiger partial charge is 0.254 e. The lowest BCUT2D eigenvalue weighted by Gasteiger charge is -2.04. The number of halogens is 1. The van der Waals surface area contributed by atoms with Crippen molar-refractivity contribution in [2.75, 3.05) is 6.54 Å². The van der Waals surface area contributed by atoms with Gasteiger partial charge in [0.25, 0.3) is 5.91 Å². The van der Waals surface area contributed by atoms with Gasteiger partial charge in [-0.3, -0.25) is 4.79 Å². The largest absolute Gasteiger partial charge is 0.467 e. The monoisotopic (exact) mass is 294 g/mol. The fourth-order valence-electron chi connectivity index (χ4n) is 1.90. The predicted molar refractivity (Wildman–Crippen MR) is 81.1 cm³/mol. The van der Waals surface area contributed by atoms with Crippen molar-refractivity contribution in [2.24, 2.45) is 5.73 Å². The van der Waals surface area contributed by atoms with E-state index in [0.717, 1.165) is 6.42 Å². The van der Waals surface area contributed by atoms with Gasteiger partial charge in [0.2, 0.25) is 0 Å². The van der Waals surface area contributed by atoms with Gasteiger partial charge in [0.1, 0.15) is 12.0 Å². The molecule has 1 amide bonds. The van der Waals surface area contributed by atoms with E-state index in [0.29, 0.717) is 24.4 Å². The van der Waals surface area contributed by atoms with Crippen molar-refractivity contribution in [1.29, 1.82) is 0 Å². The molecule has 1 aromatic heterocycles. The Morgan fingerprint density at radius 3 is 2.80 bits per heavy atom. The molecule has 0 bridgehead atoms. The molecule has 3 N–H and O–H groups in total. The minimum absolute atomic E-state index is 0. The first kappa shape index (κ1) is 16.3. The molecular weight excluding hydrogens is 276 g/mol. The SMILES string of the molecule is Cc1cccc(CCNC(=O)c2coc(CN)c2)c1.Cl. The van der Waals surface area contributed by atoms with Crippen molar-refractivity contribution in [3.8, 4) is 0 Å². The summed E-state index contributed by atoms with van der Waals surface area (Å²) in [6.45, 7) is 2.96. The Morgan fingerprint density at radius 2 is 2.15 bits per heavy atom. The predicted octanol–water partition coefficient (Wildman–Crippen LogP) is 2.44. The fraction of sp³-hybridized carbons (Fsp3) is 0.267. The number of amides is 1. The molecule has 2 aromatic rings. The Kier molecular flexibility index (Phi) is 6.28. The van der Waals surface area contributed by atoms with Gasteiger partial charge < -0.3 is 15.5 Å². The number of aryl methyl sites for hydroxylation is 1. The van der Waals surface area contributed by atoms with Crippen LogP contribution in [0, 0.1) is 6.92 Å². The molecule has 0 aliphatic carbocycles. The number of benzene rings is 1. The van der Waals surface area contributed by atoms with Gasteiger partial charge in [-0.15, -0.1) is 12.4 Å². The van der Waals surface area contributed by atoms with Gasteiger partial charge >= 0.3 is 0 Å². The number of furan rings is 1. The number of nitrogens with one attached hydrogen (secondary N) is 1. The van der Waals surface area contributed by atoms with Crippen molar-refractivity contribution < 1.29 is 9.21 Å². The van der Waals surface area contributed by atoms with E-state index in [2.05, 4.69) is 30.4 Å². The maximum Gasteiger partial charge on any atom is 0.254 e. The molecule has 2 rings (SSSR count). The fourth-order valence-corrected chi connectivity index (χ4v) is 1.90. The molecule has 0 atom stereocenters. The Bertz CT molecular complexity index is 567. The van der Waals surface area contributed by atoms with Crippen LogP contribution in [0.15, 0.2) is 41.0 Å². The molecule has 108 valence electrons. The summed E-state index contributed by atoms with van der Waals surface area (Å²) in [5.74, 6) is 0.486. The van der Waals surface area contributed by atoms with Crippen LogP contribution in [0.3, 0.4) is 0 Å². The van der Waals surface area contributed by atoms with Crippen LogP contribution in [0.2, 0.25) is 0 Å². The number of carbonyl (C=O) groups excluding carboxylic acids is 1. The van der Waals surface area contributed by atoms with Gasteiger partial charge in [-0.1, -0.05) is 29.8 Å². The zero-order valence-electron chi connectivity index (χ0n) is 11.4. The molecule has 0 aliphatic heterocycles. The molecular formula is C15H19ClN2O2. The van der Waals surface area contributed by atoms with E-state index < -0.39 is 0 Å². The van der Waals surface area contributed by atoms with Crippen LogP contribution in [0.1, 0.15) is 27.2 Å². The number of hydrogen-bond acceptors (Lipinski definition) is 3. The maximum absolute atomic E-state index is 11.8. The molecule has 0 saturated heterocycles. The van der Waals surface area contributed by atoms with Crippen LogP contribution in [0.5, 0.6) is 0 Å². The summed E-state index contributed by atoms with van der Waals surface area (Å²) in [5, 5.41) is 2.86. The summed E-state index contributed by atoms with van der Waals surface area (Å²) < 4.78 is 5.13. The zero-order valence-corrected chi connectivity index (χ0v) is 12.2.